The molecule has 0 aliphatic carbocycles. The molecule has 0 aliphatic heterocycles. The number of hydrogen-bond acceptors (Lipinski definition) is 2. The van der Waals surface area contributed by atoms with Gasteiger partial charge in [-0.15, -0.1) is 0 Å². The van der Waals surface area contributed by atoms with Crippen LogP contribution in [-0.2, 0) is 4.74 Å². The molecule has 1 amide bonds. The van der Waals surface area contributed by atoms with Crippen LogP contribution in [0.5, 0.6) is 0 Å². The molecule has 0 radical (unpaired) electrons. The van der Waals surface area contributed by atoms with Crippen molar-refractivity contribution in [2.24, 2.45) is 11.8 Å². The van der Waals surface area contributed by atoms with Crippen LogP contribution in [0.2, 0.25) is 0 Å². The van der Waals surface area contributed by atoms with E-state index >= 15 is 0 Å². The Hall–Kier alpha value is -0.730. The molecule has 0 rings (SSSR count). The average molecular weight is 243 g/mol. The summed E-state index contributed by atoms with van der Waals surface area (Å²) in [4.78, 5) is 13.9. The first kappa shape index (κ1) is 16.3. The van der Waals surface area contributed by atoms with Gasteiger partial charge in [0.15, 0.2) is 0 Å². The van der Waals surface area contributed by atoms with E-state index in [2.05, 4.69) is 41.5 Å². The largest absolute Gasteiger partial charge is 0.446 e. The molecule has 0 saturated carbocycles. The molecule has 0 aliphatic rings. The molecule has 0 aromatic rings. The zero-order valence-electron chi connectivity index (χ0n) is 12.3. The van der Waals surface area contributed by atoms with Crippen molar-refractivity contribution in [3.8, 4) is 0 Å². The molecule has 102 valence electrons. The molecule has 3 heteroatoms. The van der Waals surface area contributed by atoms with Crippen LogP contribution < -0.4 is 0 Å². The van der Waals surface area contributed by atoms with Crippen molar-refractivity contribution in [1.82, 2.24) is 4.90 Å². The second-order valence-corrected chi connectivity index (χ2v) is 5.32. The van der Waals surface area contributed by atoms with Crippen molar-refractivity contribution in [1.29, 1.82) is 0 Å². The number of amides is 1. The van der Waals surface area contributed by atoms with E-state index in [1.54, 1.807) is 0 Å². The molecular weight excluding hydrogens is 214 g/mol. The highest BCUT2D eigenvalue weighted by atomic mass is 16.6. The van der Waals surface area contributed by atoms with Crippen LogP contribution in [0.15, 0.2) is 0 Å². The first-order valence-corrected chi connectivity index (χ1v) is 6.89. The summed E-state index contributed by atoms with van der Waals surface area (Å²) in [5, 5.41) is 0. The minimum absolute atomic E-state index is 0.0127. The predicted molar refractivity (Wildman–Crippen MR) is 72.1 cm³/mol. The van der Waals surface area contributed by atoms with Crippen molar-refractivity contribution in [3.05, 3.63) is 0 Å². The number of ether oxygens (including phenoxy) is 1. The summed E-state index contributed by atoms with van der Waals surface area (Å²) in [6.45, 7) is 14.1. The van der Waals surface area contributed by atoms with Crippen LogP contribution >= 0.6 is 0 Å². The maximum absolute atomic E-state index is 12.0. The fraction of sp³-hybridized carbons (Fsp3) is 0.929. The number of carbonyl (C=O) groups excluding carboxylic acids is 1. The highest BCUT2D eigenvalue weighted by Gasteiger charge is 2.24. The average Bonchev–Trinajstić information content (AvgIpc) is 2.24. The molecule has 0 aromatic carbocycles. The van der Waals surface area contributed by atoms with Crippen molar-refractivity contribution in [3.63, 3.8) is 0 Å². The Balaban J connectivity index is 4.44. The van der Waals surface area contributed by atoms with E-state index < -0.39 is 0 Å². The molecule has 0 fully saturated rings. The molecule has 0 bridgehead atoms. The van der Waals surface area contributed by atoms with Gasteiger partial charge in [-0.2, -0.15) is 0 Å². The quantitative estimate of drug-likeness (QED) is 0.678. The highest BCUT2D eigenvalue weighted by molar-refractivity contribution is 5.67. The number of rotatable bonds is 7. The second-order valence-electron chi connectivity index (χ2n) is 5.32. The zero-order valence-corrected chi connectivity index (χ0v) is 12.3. The molecule has 0 heterocycles. The summed E-state index contributed by atoms with van der Waals surface area (Å²) >= 11 is 0. The van der Waals surface area contributed by atoms with E-state index in [0.29, 0.717) is 11.8 Å². The molecule has 0 spiro atoms. The van der Waals surface area contributed by atoms with Crippen LogP contribution in [0.3, 0.4) is 0 Å². The van der Waals surface area contributed by atoms with Gasteiger partial charge in [-0.1, -0.05) is 41.5 Å². The Kier molecular flexibility index (Phi) is 8.01. The first-order valence-electron chi connectivity index (χ1n) is 6.89. The Labute approximate surface area is 107 Å². The lowest BCUT2D eigenvalue weighted by Crippen LogP contribution is -2.38. The molecule has 0 saturated heterocycles. The van der Waals surface area contributed by atoms with Gasteiger partial charge >= 0.3 is 6.09 Å². The fourth-order valence-corrected chi connectivity index (χ4v) is 2.07. The number of hydrogen-bond donors (Lipinski definition) is 0. The van der Waals surface area contributed by atoms with Gasteiger partial charge < -0.3 is 9.64 Å². The standard InChI is InChI=1S/C14H29NO2/c1-7-9-15(10-8-2)14(16)17-13(11(3)4)12(5)6/h11-13H,7-10H2,1-6H3. The molecule has 0 N–H and O–H groups in total. The minimum atomic E-state index is -0.152. The Morgan fingerprint density at radius 2 is 1.41 bits per heavy atom. The summed E-state index contributed by atoms with van der Waals surface area (Å²) in [6.07, 6.45) is 1.81. The van der Waals surface area contributed by atoms with Crippen LogP contribution in [-0.4, -0.2) is 30.2 Å². The summed E-state index contributed by atoms with van der Waals surface area (Å²) in [5.74, 6) is 0.730. The normalized spacial score (nSPS) is 11.4. The van der Waals surface area contributed by atoms with Crippen molar-refractivity contribution in [2.45, 2.75) is 60.5 Å². The van der Waals surface area contributed by atoms with Crippen molar-refractivity contribution in [2.75, 3.05) is 13.1 Å². The Morgan fingerprint density at radius 3 is 1.71 bits per heavy atom. The van der Waals surface area contributed by atoms with Crippen molar-refractivity contribution < 1.29 is 9.53 Å². The second kappa shape index (κ2) is 8.37. The molecule has 17 heavy (non-hydrogen) atoms. The number of carbonyl (C=O) groups is 1. The third-order valence-electron chi connectivity index (χ3n) is 2.80. The van der Waals surface area contributed by atoms with Crippen LogP contribution in [0.1, 0.15) is 54.4 Å². The lowest BCUT2D eigenvalue weighted by atomic mass is 9.96. The maximum atomic E-state index is 12.0. The van der Waals surface area contributed by atoms with Gasteiger partial charge in [-0.05, 0) is 24.7 Å². The van der Waals surface area contributed by atoms with Gasteiger partial charge in [0.1, 0.15) is 6.10 Å². The van der Waals surface area contributed by atoms with Gasteiger partial charge in [0.05, 0.1) is 0 Å². The Bertz CT molecular complexity index is 200. The van der Waals surface area contributed by atoms with E-state index in [-0.39, 0.29) is 12.2 Å². The summed E-state index contributed by atoms with van der Waals surface area (Å²) < 4.78 is 5.63. The monoisotopic (exact) mass is 243 g/mol. The van der Waals surface area contributed by atoms with Crippen LogP contribution in [0.25, 0.3) is 0 Å². The lowest BCUT2D eigenvalue weighted by molar-refractivity contribution is 0.0185. The Morgan fingerprint density at radius 1 is 1.00 bits per heavy atom. The lowest BCUT2D eigenvalue weighted by Gasteiger charge is -2.29. The molecule has 0 atom stereocenters. The van der Waals surface area contributed by atoms with Crippen molar-refractivity contribution >= 4 is 6.09 Å². The SMILES string of the molecule is CCCN(CCC)C(=O)OC(C(C)C)C(C)C. The van der Waals surface area contributed by atoms with E-state index in [1.807, 2.05) is 4.90 Å². The van der Waals surface area contributed by atoms with Gasteiger partial charge in [0.2, 0.25) is 0 Å². The topological polar surface area (TPSA) is 29.5 Å². The molecule has 3 nitrogen and oxygen atoms in total. The van der Waals surface area contributed by atoms with E-state index in [1.165, 1.54) is 0 Å². The smallest absolute Gasteiger partial charge is 0.410 e. The van der Waals surface area contributed by atoms with Crippen LogP contribution in [0, 0.1) is 11.8 Å². The maximum Gasteiger partial charge on any atom is 0.410 e. The first-order chi connectivity index (χ1) is 7.93. The van der Waals surface area contributed by atoms with E-state index in [4.69, 9.17) is 4.74 Å². The molecular formula is C14H29NO2. The van der Waals surface area contributed by atoms with Gasteiger partial charge in [0, 0.05) is 13.1 Å². The van der Waals surface area contributed by atoms with Gasteiger partial charge in [0.25, 0.3) is 0 Å². The minimum Gasteiger partial charge on any atom is -0.446 e. The predicted octanol–water partition coefficient (Wildman–Crippen LogP) is 3.93. The summed E-state index contributed by atoms with van der Waals surface area (Å²) in [7, 11) is 0. The zero-order chi connectivity index (χ0) is 13.4. The summed E-state index contributed by atoms with van der Waals surface area (Å²) in [5.41, 5.74) is 0. The van der Waals surface area contributed by atoms with Gasteiger partial charge in [-0.3, -0.25) is 0 Å². The van der Waals surface area contributed by atoms with E-state index in [0.717, 1.165) is 25.9 Å². The van der Waals surface area contributed by atoms with E-state index in [9.17, 15) is 4.79 Å². The van der Waals surface area contributed by atoms with Crippen LogP contribution in [0.4, 0.5) is 4.79 Å². The highest BCUT2D eigenvalue weighted by Crippen LogP contribution is 2.17. The molecule has 0 aromatic heterocycles. The fourth-order valence-electron chi connectivity index (χ4n) is 2.07. The molecule has 0 unspecified atom stereocenters. The third-order valence-corrected chi connectivity index (χ3v) is 2.80. The summed E-state index contributed by atoms with van der Waals surface area (Å²) in [6, 6.07) is 0. The third kappa shape index (κ3) is 5.94. The number of nitrogens with zero attached hydrogens (tertiary/aromatic N) is 1. The van der Waals surface area contributed by atoms with Gasteiger partial charge in [-0.25, -0.2) is 4.79 Å².